The van der Waals surface area contributed by atoms with Gasteiger partial charge in [0.05, 0.1) is 11.1 Å². The van der Waals surface area contributed by atoms with Crippen molar-refractivity contribution in [3.63, 3.8) is 0 Å². The summed E-state index contributed by atoms with van der Waals surface area (Å²) in [6.45, 7) is 7.00. The second kappa shape index (κ2) is 9.74. The first-order valence-electron chi connectivity index (χ1n) is 9.84. The lowest BCUT2D eigenvalue weighted by Gasteiger charge is -2.30. The van der Waals surface area contributed by atoms with Crippen molar-refractivity contribution in [3.8, 4) is 0 Å². The second-order valence-corrected chi connectivity index (χ2v) is 7.61. The SMILES string of the molecule is C=CC(=O)N1CCCC(N=C2C=C(Nc3ccc(F)c(Cl)c3)CC(CC)=CN2)C1. The van der Waals surface area contributed by atoms with Crippen LogP contribution >= 0.6 is 11.6 Å². The number of carbonyl (C=O) groups excluding carboxylic acids is 1. The fraction of sp³-hybridized carbons (Fsp3) is 0.364. The van der Waals surface area contributed by atoms with Crippen molar-refractivity contribution < 1.29 is 9.18 Å². The number of anilines is 1. The molecular formula is C22H26ClFN4O. The summed E-state index contributed by atoms with van der Waals surface area (Å²) in [7, 11) is 0. The van der Waals surface area contributed by atoms with Crippen molar-refractivity contribution >= 4 is 29.0 Å². The summed E-state index contributed by atoms with van der Waals surface area (Å²) in [5.74, 6) is 0.242. The third-order valence-electron chi connectivity index (χ3n) is 5.04. The number of allylic oxidation sites excluding steroid dienone is 1. The van der Waals surface area contributed by atoms with Gasteiger partial charge in [-0.2, -0.15) is 0 Å². The minimum atomic E-state index is -0.443. The standard InChI is InChI=1S/C22H26ClFN4O/c1-3-15-10-18(26-16-7-8-20(24)19(23)11-16)12-21(25-13-15)27-17-6-5-9-28(14-17)22(29)4-2/h4,7-8,11-13,17,26H,2-3,5-6,9-10,14H2,1H3,(H,25,27). The van der Waals surface area contributed by atoms with Crippen LogP contribution in [-0.4, -0.2) is 35.8 Å². The average molecular weight is 417 g/mol. The molecule has 1 aromatic carbocycles. The maximum atomic E-state index is 13.4. The predicted molar refractivity (Wildman–Crippen MR) is 116 cm³/mol. The molecule has 2 aliphatic heterocycles. The van der Waals surface area contributed by atoms with Crippen LogP contribution in [0.2, 0.25) is 5.02 Å². The third-order valence-corrected chi connectivity index (χ3v) is 5.33. The first-order chi connectivity index (χ1) is 14.0. The summed E-state index contributed by atoms with van der Waals surface area (Å²) in [5, 5.41) is 6.69. The molecule has 0 saturated carbocycles. The van der Waals surface area contributed by atoms with Gasteiger partial charge >= 0.3 is 0 Å². The van der Waals surface area contributed by atoms with E-state index >= 15 is 0 Å². The number of aliphatic imine (C=N–C) groups is 1. The van der Waals surface area contributed by atoms with Crippen LogP contribution in [0.15, 0.2) is 59.4 Å². The molecule has 2 N–H and O–H groups in total. The zero-order chi connectivity index (χ0) is 20.8. The molecule has 3 rings (SSSR count). The van der Waals surface area contributed by atoms with E-state index in [1.165, 1.54) is 17.7 Å². The Labute approximate surface area is 176 Å². The van der Waals surface area contributed by atoms with Gasteiger partial charge < -0.3 is 15.5 Å². The highest BCUT2D eigenvalue weighted by atomic mass is 35.5. The highest BCUT2D eigenvalue weighted by molar-refractivity contribution is 6.31. The fourth-order valence-electron chi connectivity index (χ4n) is 3.46. The number of benzene rings is 1. The molecule has 0 radical (unpaired) electrons. The molecule has 1 fully saturated rings. The van der Waals surface area contributed by atoms with Crippen LogP contribution in [0.1, 0.15) is 32.6 Å². The Morgan fingerprint density at radius 2 is 2.34 bits per heavy atom. The van der Waals surface area contributed by atoms with E-state index in [-0.39, 0.29) is 17.0 Å². The van der Waals surface area contributed by atoms with E-state index in [1.54, 1.807) is 17.0 Å². The fourth-order valence-corrected chi connectivity index (χ4v) is 3.64. The van der Waals surface area contributed by atoms with Crippen LogP contribution in [0.5, 0.6) is 0 Å². The maximum Gasteiger partial charge on any atom is 0.246 e. The van der Waals surface area contributed by atoms with E-state index in [0.717, 1.165) is 49.4 Å². The van der Waals surface area contributed by atoms with E-state index in [4.69, 9.17) is 16.6 Å². The minimum absolute atomic E-state index is 0.0319. The minimum Gasteiger partial charge on any atom is -0.358 e. The lowest BCUT2D eigenvalue weighted by Crippen LogP contribution is -2.41. The van der Waals surface area contributed by atoms with E-state index < -0.39 is 5.82 Å². The third kappa shape index (κ3) is 5.70. The summed E-state index contributed by atoms with van der Waals surface area (Å²) >= 11 is 5.91. The molecular weight excluding hydrogens is 391 g/mol. The van der Waals surface area contributed by atoms with Crippen LogP contribution in [0, 0.1) is 5.82 Å². The number of hydrogen-bond acceptors (Lipinski definition) is 3. The number of halogens is 2. The van der Waals surface area contributed by atoms with Gasteiger partial charge in [-0.1, -0.05) is 25.1 Å². The lowest BCUT2D eigenvalue weighted by molar-refractivity contribution is -0.127. The van der Waals surface area contributed by atoms with Crippen molar-refractivity contribution in [1.29, 1.82) is 0 Å². The number of hydrogen-bond donors (Lipinski definition) is 2. The molecule has 0 spiro atoms. The molecule has 2 heterocycles. The quantitative estimate of drug-likeness (QED) is 0.687. The van der Waals surface area contributed by atoms with Crippen molar-refractivity contribution in [2.24, 2.45) is 4.99 Å². The predicted octanol–water partition coefficient (Wildman–Crippen LogP) is 4.64. The zero-order valence-electron chi connectivity index (χ0n) is 16.5. The highest BCUT2D eigenvalue weighted by Crippen LogP contribution is 2.24. The van der Waals surface area contributed by atoms with Gasteiger partial charge in [0, 0.05) is 37.1 Å². The van der Waals surface area contributed by atoms with Gasteiger partial charge in [-0.05, 0) is 55.2 Å². The summed E-state index contributed by atoms with van der Waals surface area (Å²) in [4.78, 5) is 18.6. The summed E-state index contributed by atoms with van der Waals surface area (Å²) in [6, 6.07) is 4.61. The van der Waals surface area contributed by atoms with Crippen molar-refractivity contribution in [2.75, 3.05) is 18.4 Å². The molecule has 1 atom stereocenters. The largest absolute Gasteiger partial charge is 0.358 e. The van der Waals surface area contributed by atoms with Gasteiger partial charge in [0.1, 0.15) is 11.7 Å². The van der Waals surface area contributed by atoms with E-state index in [2.05, 4.69) is 24.1 Å². The molecule has 1 saturated heterocycles. The molecule has 0 aliphatic carbocycles. The molecule has 0 bridgehead atoms. The van der Waals surface area contributed by atoms with Gasteiger partial charge in [0.25, 0.3) is 0 Å². The van der Waals surface area contributed by atoms with Gasteiger partial charge in [-0.3, -0.25) is 9.79 Å². The number of piperidine rings is 1. The highest BCUT2D eigenvalue weighted by Gasteiger charge is 2.22. The Hall–Kier alpha value is -2.60. The van der Waals surface area contributed by atoms with Crippen LogP contribution in [-0.2, 0) is 4.79 Å². The smallest absolute Gasteiger partial charge is 0.246 e. The number of amides is 1. The van der Waals surface area contributed by atoms with E-state index in [1.807, 2.05) is 12.3 Å². The molecule has 7 heteroatoms. The van der Waals surface area contributed by atoms with Crippen LogP contribution < -0.4 is 10.6 Å². The van der Waals surface area contributed by atoms with Crippen molar-refractivity contribution in [3.05, 3.63) is 65.2 Å². The maximum absolute atomic E-state index is 13.4. The van der Waals surface area contributed by atoms with E-state index in [9.17, 15) is 9.18 Å². The average Bonchev–Trinajstić information content (AvgIpc) is 2.92. The first kappa shape index (κ1) is 21.1. The number of carbonyl (C=O) groups is 1. The number of amidine groups is 1. The molecule has 5 nitrogen and oxygen atoms in total. The Kier molecular flexibility index (Phi) is 7.09. The molecule has 154 valence electrons. The summed E-state index contributed by atoms with van der Waals surface area (Å²) in [5.41, 5.74) is 2.88. The molecule has 29 heavy (non-hydrogen) atoms. The van der Waals surface area contributed by atoms with Gasteiger partial charge in [-0.25, -0.2) is 4.39 Å². The number of nitrogens with zero attached hydrogens (tertiary/aromatic N) is 2. The van der Waals surface area contributed by atoms with Gasteiger partial charge in [-0.15, -0.1) is 0 Å². The monoisotopic (exact) mass is 416 g/mol. The summed E-state index contributed by atoms with van der Waals surface area (Å²) < 4.78 is 13.4. The van der Waals surface area contributed by atoms with Crippen LogP contribution in [0.3, 0.4) is 0 Å². The number of rotatable bonds is 5. The Balaban J connectivity index is 1.81. The number of likely N-dealkylation sites (tertiary alicyclic amines) is 1. The molecule has 1 aromatic rings. The normalized spacial score (nSPS) is 21.0. The van der Waals surface area contributed by atoms with E-state index in [0.29, 0.717) is 6.54 Å². The number of nitrogens with one attached hydrogen (secondary N) is 2. The molecule has 1 amide bonds. The van der Waals surface area contributed by atoms with Crippen LogP contribution in [0.4, 0.5) is 10.1 Å². The van der Waals surface area contributed by atoms with Crippen molar-refractivity contribution in [1.82, 2.24) is 10.2 Å². The van der Waals surface area contributed by atoms with Gasteiger partial charge in [0.15, 0.2) is 0 Å². The topological polar surface area (TPSA) is 56.7 Å². The Morgan fingerprint density at radius 3 is 3.07 bits per heavy atom. The Bertz CT molecular complexity index is 878. The Morgan fingerprint density at radius 1 is 1.52 bits per heavy atom. The zero-order valence-corrected chi connectivity index (χ0v) is 17.3. The lowest BCUT2D eigenvalue weighted by atomic mass is 10.1. The molecule has 2 aliphatic rings. The molecule has 0 aromatic heterocycles. The molecule has 1 unspecified atom stereocenters. The summed E-state index contributed by atoms with van der Waals surface area (Å²) in [6.07, 6.45) is 8.77. The first-order valence-corrected chi connectivity index (χ1v) is 10.2. The second-order valence-electron chi connectivity index (χ2n) is 7.20. The van der Waals surface area contributed by atoms with Crippen molar-refractivity contribution in [2.45, 2.75) is 38.6 Å². The van der Waals surface area contributed by atoms with Gasteiger partial charge in [0.2, 0.25) is 5.91 Å². The van der Waals surface area contributed by atoms with Crippen LogP contribution in [0.25, 0.3) is 0 Å².